The lowest BCUT2D eigenvalue weighted by Gasteiger charge is -2.16. The van der Waals surface area contributed by atoms with Gasteiger partial charge in [0.1, 0.15) is 11.5 Å². The summed E-state index contributed by atoms with van der Waals surface area (Å²) in [5.74, 6) is -4.54. The highest BCUT2D eigenvalue weighted by Gasteiger charge is 2.16. The summed E-state index contributed by atoms with van der Waals surface area (Å²) < 4.78 is 39.8. The van der Waals surface area contributed by atoms with E-state index in [-0.39, 0.29) is 23.1 Å². The van der Waals surface area contributed by atoms with E-state index in [4.69, 9.17) is 0 Å². The van der Waals surface area contributed by atoms with E-state index in [9.17, 15) is 18.0 Å². The molecule has 132 valence electrons. The number of nitrogens with one attached hydrogen (secondary N) is 1. The number of benzene rings is 2. The van der Waals surface area contributed by atoms with Gasteiger partial charge >= 0.3 is 0 Å². The van der Waals surface area contributed by atoms with Crippen LogP contribution in [0, 0.1) is 17.5 Å². The average molecular weight is 358 g/mol. The molecule has 3 aromatic rings. The van der Waals surface area contributed by atoms with Crippen molar-refractivity contribution in [2.45, 2.75) is 0 Å². The van der Waals surface area contributed by atoms with Crippen molar-refractivity contribution < 1.29 is 18.0 Å². The number of halogens is 3. The van der Waals surface area contributed by atoms with Gasteiger partial charge in [-0.2, -0.15) is 0 Å². The van der Waals surface area contributed by atoms with E-state index in [0.717, 1.165) is 12.1 Å². The molecule has 1 aromatic heterocycles. The smallest absolute Gasteiger partial charge is 0.278 e. The minimum atomic E-state index is -1.58. The van der Waals surface area contributed by atoms with E-state index in [1.807, 2.05) is 6.07 Å². The van der Waals surface area contributed by atoms with Gasteiger partial charge in [-0.1, -0.05) is 18.2 Å². The van der Waals surface area contributed by atoms with Crippen LogP contribution in [0.1, 0.15) is 10.5 Å². The van der Waals surface area contributed by atoms with E-state index in [0.29, 0.717) is 5.69 Å². The van der Waals surface area contributed by atoms with E-state index in [2.05, 4.69) is 15.3 Å². The van der Waals surface area contributed by atoms with Gasteiger partial charge in [0, 0.05) is 12.7 Å². The van der Waals surface area contributed by atoms with E-state index < -0.39 is 17.5 Å². The third-order valence-electron chi connectivity index (χ3n) is 3.62. The van der Waals surface area contributed by atoms with Crippen LogP contribution in [0.25, 0.3) is 0 Å². The largest absolute Gasteiger partial charge is 0.336 e. The van der Waals surface area contributed by atoms with Crippen LogP contribution >= 0.6 is 0 Å². The number of hydrogen-bond donors (Lipinski definition) is 1. The zero-order valence-electron chi connectivity index (χ0n) is 13.6. The number of amides is 1. The quantitative estimate of drug-likeness (QED) is 0.719. The Morgan fingerprint density at radius 3 is 2.35 bits per heavy atom. The predicted molar refractivity (Wildman–Crippen MR) is 90.8 cm³/mol. The molecule has 0 aliphatic carbocycles. The van der Waals surface area contributed by atoms with Crippen molar-refractivity contribution in [2.75, 3.05) is 17.3 Å². The molecule has 5 nitrogen and oxygen atoms in total. The van der Waals surface area contributed by atoms with Crippen molar-refractivity contribution in [3.05, 3.63) is 78.0 Å². The third-order valence-corrected chi connectivity index (χ3v) is 3.62. The summed E-state index contributed by atoms with van der Waals surface area (Å²) in [5, 5.41) is 2.49. The van der Waals surface area contributed by atoms with Crippen molar-refractivity contribution >= 4 is 23.1 Å². The van der Waals surface area contributed by atoms with Gasteiger partial charge in [-0.05, 0) is 24.3 Å². The van der Waals surface area contributed by atoms with Crippen molar-refractivity contribution in [2.24, 2.45) is 0 Å². The second-order valence-corrected chi connectivity index (χ2v) is 5.33. The summed E-state index contributed by atoms with van der Waals surface area (Å²) in [4.78, 5) is 21.8. The molecule has 0 radical (unpaired) electrons. The highest BCUT2D eigenvalue weighted by atomic mass is 19.2. The lowest BCUT2D eigenvalue weighted by atomic mass is 10.2. The number of nitrogens with zero attached hydrogens (tertiary/aromatic N) is 3. The molecule has 1 heterocycles. The Morgan fingerprint density at radius 1 is 0.962 bits per heavy atom. The Balaban J connectivity index is 1.77. The van der Waals surface area contributed by atoms with Gasteiger partial charge < -0.3 is 10.2 Å². The molecule has 0 fully saturated rings. The van der Waals surface area contributed by atoms with Crippen LogP contribution in [0.4, 0.5) is 30.4 Å². The maximum absolute atomic E-state index is 13.7. The van der Waals surface area contributed by atoms with Crippen LogP contribution in [-0.2, 0) is 0 Å². The van der Waals surface area contributed by atoms with Crippen LogP contribution in [0.2, 0.25) is 0 Å². The topological polar surface area (TPSA) is 58.1 Å². The Labute approximate surface area is 147 Å². The molecule has 0 bridgehead atoms. The van der Waals surface area contributed by atoms with Crippen molar-refractivity contribution in [1.82, 2.24) is 9.97 Å². The van der Waals surface area contributed by atoms with Gasteiger partial charge in [-0.25, -0.2) is 23.1 Å². The summed E-state index contributed by atoms with van der Waals surface area (Å²) >= 11 is 0. The number of para-hydroxylation sites is 1. The molecule has 0 unspecified atom stereocenters. The second-order valence-electron chi connectivity index (χ2n) is 5.33. The molecule has 3 rings (SSSR count). The maximum atomic E-state index is 13.7. The fourth-order valence-electron chi connectivity index (χ4n) is 2.20. The number of rotatable bonds is 4. The van der Waals surface area contributed by atoms with Crippen molar-refractivity contribution in [1.29, 1.82) is 0 Å². The first-order valence-electron chi connectivity index (χ1n) is 7.53. The predicted octanol–water partition coefficient (Wildman–Crippen LogP) is 3.91. The molecule has 0 saturated heterocycles. The van der Waals surface area contributed by atoms with E-state index in [1.54, 1.807) is 31.3 Å². The van der Waals surface area contributed by atoms with Crippen molar-refractivity contribution in [3.8, 4) is 0 Å². The molecular weight excluding hydrogens is 345 g/mol. The summed E-state index contributed by atoms with van der Waals surface area (Å²) in [6, 6.07) is 10.8. The van der Waals surface area contributed by atoms with E-state index >= 15 is 0 Å². The molecular formula is C18H13F3N4O. The van der Waals surface area contributed by atoms with Gasteiger partial charge in [0.25, 0.3) is 5.91 Å². The average Bonchev–Trinajstić information content (AvgIpc) is 2.68. The van der Waals surface area contributed by atoms with Crippen LogP contribution in [0.15, 0.2) is 54.9 Å². The molecule has 26 heavy (non-hydrogen) atoms. The zero-order chi connectivity index (χ0) is 18.7. The number of hydrogen-bond acceptors (Lipinski definition) is 4. The first-order chi connectivity index (χ1) is 12.5. The molecule has 2 aromatic carbocycles. The first-order valence-corrected chi connectivity index (χ1v) is 7.53. The summed E-state index contributed by atoms with van der Waals surface area (Å²) in [5.41, 5.74) is 0.469. The second kappa shape index (κ2) is 7.22. The maximum Gasteiger partial charge on any atom is 0.278 e. The molecule has 8 heteroatoms. The van der Waals surface area contributed by atoms with Crippen LogP contribution in [0.3, 0.4) is 0 Å². The summed E-state index contributed by atoms with van der Waals surface area (Å²) in [6.07, 6.45) is 2.41. The van der Waals surface area contributed by atoms with Gasteiger partial charge in [-0.3, -0.25) is 4.79 Å². The first kappa shape index (κ1) is 17.4. The van der Waals surface area contributed by atoms with Gasteiger partial charge in [0.2, 0.25) is 0 Å². The van der Waals surface area contributed by atoms with Crippen molar-refractivity contribution in [3.63, 3.8) is 0 Å². The van der Waals surface area contributed by atoms with Crippen LogP contribution in [-0.4, -0.2) is 22.9 Å². The van der Waals surface area contributed by atoms with E-state index in [1.165, 1.54) is 17.3 Å². The minimum absolute atomic E-state index is 0.0765. The highest BCUT2D eigenvalue weighted by molar-refractivity contribution is 6.04. The Hall–Kier alpha value is -3.42. The zero-order valence-corrected chi connectivity index (χ0v) is 13.6. The molecule has 1 amide bonds. The lowest BCUT2D eigenvalue weighted by molar-refractivity contribution is 0.0988. The highest BCUT2D eigenvalue weighted by Crippen LogP contribution is 2.22. The SMILES string of the molecule is CN(C(=O)c1cnc(Nc2ccc(F)c(F)c2F)cn1)c1ccccc1. The Bertz CT molecular complexity index is 933. The monoisotopic (exact) mass is 358 g/mol. The number of carbonyl (C=O) groups is 1. The number of anilines is 3. The minimum Gasteiger partial charge on any atom is -0.336 e. The third kappa shape index (κ3) is 3.49. The normalized spacial score (nSPS) is 10.5. The standard InChI is InChI=1S/C18H13F3N4O/c1-25(11-5-3-2-4-6-11)18(26)14-9-23-15(10-22-14)24-13-8-7-12(19)16(20)17(13)21/h2-10H,1H3,(H,23,24). The molecule has 1 N–H and O–H groups in total. The molecule has 0 aliphatic rings. The summed E-state index contributed by atoms with van der Waals surface area (Å²) in [7, 11) is 1.60. The number of aromatic nitrogens is 2. The number of carbonyl (C=O) groups excluding carboxylic acids is 1. The van der Waals surface area contributed by atoms with Gasteiger partial charge in [0.05, 0.1) is 18.1 Å². The van der Waals surface area contributed by atoms with Crippen LogP contribution in [0.5, 0.6) is 0 Å². The Kier molecular flexibility index (Phi) is 4.83. The fourth-order valence-corrected chi connectivity index (χ4v) is 2.20. The molecule has 0 saturated carbocycles. The lowest BCUT2D eigenvalue weighted by Crippen LogP contribution is -2.27. The molecule has 0 atom stereocenters. The fraction of sp³-hybridized carbons (Fsp3) is 0.0556. The Morgan fingerprint density at radius 2 is 1.69 bits per heavy atom. The summed E-state index contributed by atoms with van der Waals surface area (Å²) in [6.45, 7) is 0. The van der Waals surface area contributed by atoms with Crippen LogP contribution < -0.4 is 10.2 Å². The molecule has 0 aliphatic heterocycles. The van der Waals surface area contributed by atoms with Gasteiger partial charge in [-0.15, -0.1) is 0 Å². The van der Waals surface area contributed by atoms with Gasteiger partial charge in [0.15, 0.2) is 17.5 Å². The molecule has 0 spiro atoms.